The zero-order chi connectivity index (χ0) is 22.7. The van der Waals surface area contributed by atoms with Gasteiger partial charge >= 0.3 is 0 Å². The molecule has 0 aliphatic carbocycles. The molecule has 0 bridgehead atoms. The van der Waals surface area contributed by atoms with Crippen LogP contribution < -0.4 is 15.0 Å². The number of ether oxygens (including phenoxy) is 2. The third kappa shape index (κ3) is 4.23. The van der Waals surface area contributed by atoms with Gasteiger partial charge in [-0.1, -0.05) is 36.4 Å². The topological polar surface area (TPSA) is 53.4 Å². The molecule has 3 aromatic carbocycles. The van der Waals surface area contributed by atoms with Gasteiger partial charge in [0, 0.05) is 17.2 Å². The number of aromatic nitrogens is 2. The predicted molar refractivity (Wildman–Crippen MR) is 118 cm³/mol. The minimum absolute atomic E-state index is 0.0798. The lowest BCUT2D eigenvalue weighted by Gasteiger charge is -2.14. The molecule has 0 unspecified atom stereocenters. The van der Waals surface area contributed by atoms with Gasteiger partial charge in [-0.15, -0.1) is 0 Å². The first-order valence-corrected chi connectivity index (χ1v) is 9.84. The highest BCUT2D eigenvalue weighted by molar-refractivity contribution is 5.80. The fourth-order valence-corrected chi connectivity index (χ4v) is 3.44. The van der Waals surface area contributed by atoms with Crippen LogP contribution in [0, 0.1) is 11.6 Å². The van der Waals surface area contributed by atoms with E-state index in [9.17, 15) is 13.6 Å². The molecule has 32 heavy (non-hydrogen) atoms. The highest BCUT2D eigenvalue weighted by atomic mass is 19.1. The van der Waals surface area contributed by atoms with Gasteiger partial charge in [0.15, 0.2) is 23.1 Å². The molecule has 0 amide bonds. The van der Waals surface area contributed by atoms with E-state index in [0.717, 1.165) is 5.56 Å². The summed E-state index contributed by atoms with van der Waals surface area (Å²) in [5.74, 6) is -0.982. The van der Waals surface area contributed by atoms with Gasteiger partial charge in [-0.2, -0.15) is 5.10 Å². The first-order valence-electron chi connectivity index (χ1n) is 9.84. The summed E-state index contributed by atoms with van der Waals surface area (Å²) in [6.07, 6.45) is 0. The Bertz CT molecular complexity index is 1320. The Balaban J connectivity index is 1.90. The van der Waals surface area contributed by atoms with Crippen LogP contribution in [0.1, 0.15) is 5.56 Å². The molecule has 1 aromatic heterocycles. The van der Waals surface area contributed by atoms with Gasteiger partial charge in [0.05, 0.1) is 26.5 Å². The van der Waals surface area contributed by atoms with Gasteiger partial charge < -0.3 is 9.47 Å². The number of hydrogen-bond donors (Lipinski definition) is 0. The maximum absolute atomic E-state index is 14.5. The summed E-state index contributed by atoms with van der Waals surface area (Å²) < 4.78 is 40.1. The third-order valence-electron chi connectivity index (χ3n) is 5.06. The summed E-state index contributed by atoms with van der Waals surface area (Å²) in [6.45, 7) is 0.239. The largest absolute Gasteiger partial charge is 0.494 e. The number of hydrogen-bond acceptors (Lipinski definition) is 4. The van der Waals surface area contributed by atoms with E-state index < -0.39 is 11.6 Å². The molecule has 0 N–H and O–H groups in total. The second-order valence-electron chi connectivity index (χ2n) is 7.09. The van der Waals surface area contributed by atoms with E-state index >= 15 is 0 Å². The standard InChI is InChI=1S/C25H20F2N2O3/c1-31-22-10-8-17(12-20(22)26)19-14-24(30)29(15-16-6-4-3-5-7-16)28-25(19)18-9-11-23(32-2)21(27)13-18/h3-14H,15H2,1-2H3. The first kappa shape index (κ1) is 21.2. The Morgan fingerprint density at radius 1 is 0.812 bits per heavy atom. The monoisotopic (exact) mass is 434 g/mol. The SMILES string of the molecule is COc1ccc(-c2cc(=O)n(Cc3ccccc3)nc2-c2ccc(OC)c(F)c2)cc1F. The molecule has 1 heterocycles. The molecule has 4 aromatic rings. The molecule has 5 nitrogen and oxygen atoms in total. The van der Waals surface area contributed by atoms with Crippen LogP contribution in [0.15, 0.2) is 77.6 Å². The summed E-state index contributed by atoms with van der Waals surface area (Å²) >= 11 is 0. The molecule has 162 valence electrons. The normalized spacial score (nSPS) is 10.8. The van der Waals surface area contributed by atoms with E-state index in [1.165, 1.54) is 49.2 Å². The van der Waals surface area contributed by atoms with E-state index in [2.05, 4.69) is 5.10 Å². The zero-order valence-corrected chi connectivity index (χ0v) is 17.5. The summed E-state index contributed by atoms with van der Waals surface area (Å²) in [6, 6.07) is 19.5. The van der Waals surface area contributed by atoms with Crippen molar-refractivity contribution in [2.75, 3.05) is 14.2 Å². The fraction of sp³-hybridized carbons (Fsp3) is 0.120. The highest BCUT2D eigenvalue weighted by Gasteiger charge is 2.17. The summed E-state index contributed by atoms with van der Waals surface area (Å²) in [5, 5.41) is 4.53. The number of methoxy groups -OCH3 is 2. The van der Waals surface area contributed by atoms with Crippen molar-refractivity contribution in [1.29, 1.82) is 0 Å². The van der Waals surface area contributed by atoms with Crippen LogP contribution in [0.5, 0.6) is 11.5 Å². The number of rotatable bonds is 6. The molecular weight excluding hydrogens is 414 g/mol. The third-order valence-corrected chi connectivity index (χ3v) is 5.06. The van der Waals surface area contributed by atoms with Crippen LogP contribution in [-0.4, -0.2) is 24.0 Å². The van der Waals surface area contributed by atoms with E-state index in [-0.39, 0.29) is 23.6 Å². The van der Waals surface area contributed by atoms with Gasteiger partial charge in [0.2, 0.25) is 0 Å². The second kappa shape index (κ2) is 9.01. The van der Waals surface area contributed by atoms with Crippen molar-refractivity contribution < 1.29 is 18.3 Å². The van der Waals surface area contributed by atoms with Crippen LogP contribution in [-0.2, 0) is 6.54 Å². The van der Waals surface area contributed by atoms with Crippen molar-refractivity contribution in [3.63, 3.8) is 0 Å². The van der Waals surface area contributed by atoms with Gasteiger partial charge in [0.25, 0.3) is 5.56 Å². The van der Waals surface area contributed by atoms with Crippen molar-refractivity contribution in [1.82, 2.24) is 9.78 Å². The summed E-state index contributed by atoms with van der Waals surface area (Å²) in [5.41, 5.74) is 2.09. The van der Waals surface area contributed by atoms with Crippen LogP contribution in [0.2, 0.25) is 0 Å². The molecule has 0 aliphatic rings. The van der Waals surface area contributed by atoms with Crippen LogP contribution in [0.25, 0.3) is 22.4 Å². The van der Waals surface area contributed by atoms with Crippen molar-refractivity contribution in [3.8, 4) is 33.9 Å². The van der Waals surface area contributed by atoms with Gasteiger partial charge in [-0.05, 0) is 41.5 Å². The molecular formula is C25H20F2N2O3. The van der Waals surface area contributed by atoms with Crippen molar-refractivity contribution >= 4 is 0 Å². The van der Waals surface area contributed by atoms with Crippen LogP contribution in [0.4, 0.5) is 8.78 Å². The quantitative estimate of drug-likeness (QED) is 0.432. The number of halogens is 2. The second-order valence-corrected chi connectivity index (χ2v) is 7.09. The van der Waals surface area contributed by atoms with E-state index in [1.54, 1.807) is 12.1 Å². The predicted octanol–water partition coefficient (Wildman–Crippen LogP) is 4.92. The molecule has 0 saturated carbocycles. The lowest BCUT2D eigenvalue weighted by molar-refractivity contribution is 0.386. The smallest absolute Gasteiger partial charge is 0.267 e. The molecule has 0 atom stereocenters. The van der Waals surface area contributed by atoms with Gasteiger partial charge in [0.1, 0.15) is 0 Å². The van der Waals surface area contributed by atoms with Gasteiger partial charge in [-0.25, -0.2) is 13.5 Å². The average Bonchev–Trinajstić information content (AvgIpc) is 2.80. The van der Waals surface area contributed by atoms with E-state index in [4.69, 9.17) is 9.47 Å². The van der Waals surface area contributed by atoms with E-state index in [1.807, 2.05) is 30.3 Å². The van der Waals surface area contributed by atoms with Crippen molar-refractivity contribution in [2.24, 2.45) is 0 Å². The Labute approximate surface area is 183 Å². The highest BCUT2D eigenvalue weighted by Crippen LogP contribution is 2.33. The Hall–Kier alpha value is -4.00. The minimum Gasteiger partial charge on any atom is -0.494 e. The zero-order valence-electron chi connectivity index (χ0n) is 17.5. The van der Waals surface area contributed by atoms with Crippen molar-refractivity contribution in [3.05, 3.63) is 100 Å². The minimum atomic E-state index is -0.578. The molecule has 0 spiro atoms. The molecule has 0 aliphatic heterocycles. The van der Waals surface area contributed by atoms with Crippen molar-refractivity contribution in [2.45, 2.75) is 6.54 Å². The maximum atomic E-state index is 14.5. The molecule has 4 rings (SSSR count). The fourth-order valence-electron chi connectivity index (χ4n) is 3.44. The Morgan fingerprint density at radius 2 is 1.41 bits per heavy atom. The summed E-state index contributed by atoms with van der Waals surface area (Å²) in [4.78, 5) is 12.9. The molecule has 0 radical (unpaired) electrons. The average molecular weight is 434 g/mol. The maximum Gasteiger partial charge on any atom is 0.267 e. The summed E-state index contributed by atoms with van der Waals surface area (Å²) in [7, 11) is 2.75. The Kier molecular flexibility index (Phi) is 5.98. The van der Waals surface area contributed by atoms with Crippen LogP contribution >= 0.6 is 0 Å². The first-order chi connectivity index (χ1) is 15.5. The van der Waals surface area contributed by atoms with Gasteiger partial charge in [-0.3, -0.25) is 4.79 Å². The molecule has 7 heteroatoms. The van der Waals surface area contributed by atoms with E-state index in [0.29, 0.717) is 22.4 Å². The lowest BCUT2D eigenvalue weighted by atomic mass is 9.99. The molecule has 0 fully saturated rings. The lowest BCUT2D eigenvalue weighted by Crippen LogP contribution is -2.24. The molecule has 0 saturated heterocycles. The Morgan fingerprint density at radius 3 is 2.00 bits per heavy atom. The van der Waals surface area contributed by atoms with Crippen LogP contribution in [0.3, 0.4) is 0 Å². The number of benzene rings is 3. The number of nitrogens with zero attached hydrogens (tertiary/aromatic N) is 2.